The molecule has 0 saturated heterocycles. The predicted molar refractivity (Wildman–Crippen MR) is 74.3 cm³/mol. The van der Waals surface area contributed by atoms with Crippen LogP contribution in [0.5, 0.6) is 5.75 Å². The normalized spacial score (nSPS) is 10.3. The maximum absolute atomic E-state index is 11.9. The van der Waals surface area contributed by atoms with Gasteiger partial charge in [0.1, 0.15) is 5.75 Å². The number of thioether (sulfide) groups is 1. The van der Waals surface area contributed by atoms with Crippen LogP contribution in [0.25, 0.3) is 0 Å². The van der Waals surface area contributed by atoms with Crippen molar-refractivity contribution in [3.63, 3.8) is 0 Å². The van der Waals surface area contributed by atoms with Gasteiger partial charge in [-0.15, -0.1) is 0 Å². The van der Waals surface area contributed by atoms with Crippen molar-refractivity contribution in [2.75, 3.05) is 18.1 Å². The third kappa shape index (κ3) is 4.43. The number of carbonyl (C=O) groups is 1. The number of hydrogen-bond acceptors (Lipinski definition) is 3. The highest BCUT2D eigenvalue weighted by Gasteiger charge is 2.08. The number of Topliss-reactive ketones (excluding diaryl/α,β-unsaturated/α-hetero) is 1. The van der Waals surface area contributed by atoms with E-state index in [0.29, 0.717) is 12.4 Å². The zero-order chi connectivity index (χ0) is 12.7. The summed E-state index contributed by atoms with van der Waals surface area (Å²) in [5, 5.41) is 0. The number of carbonyl (C=O) groups excluding carboxylic acids is 1. The van der Waals surface area contributed by atoms with E-state index in [0.717, 1.165) is 29.1 Å². The van der Waals surface area contributed by atoms with Gasteiger partial charge in [0.25, 0.3) is 0 Å². The van der Waals surface area contributed by atoms with Crippen LogP contribution in [0, 0.1) is 6.92 Å². The molecule has 17 heavy (non-hydrogen) atoms. The highest BCUT2D eigenvalue weighted by molar-refractivity contribution is 7.99. The van der Waals surface area contributed by atoms with Gasteiger partial charge in [0.2, 0.25) is 0 Å². The second-order valence-electron chi connectivity index (χ2n) is 3.89. The third-order valence-electron chi connectivity index (χ3n) is 2.38. The molecule has 0 saturated carbocycles. The monoisotopic (exact) mass is 252 g/mol. The van der Waals surface area contributed by atoms with Crippen LogP contribution < -0.4 is 4.74 Å². The Morgan fingerprint density at radius 2 is 2.12 bits per heavy atom. The fraction of sp³-hybridized carbons (Fsp3) is 0.500. The predicted octanol–water partition coefficient (Wildman–Crippen LogP) is 3.72. The molecule has 0 heterocycles. The molecule has 0 aromatic heterocycles. The maximum Gasteiger partial charge on any atom is 0.172 e. The zero-order valence-corrected chi connectivity index (χ0v) is 11.6. The Kier molecular flexibility index (Phi) is 6.12. The molecule has 1 aromatic carbocycles. The maximum atomic E-state index is 11.9. The topological polar surface area (TPSA) is 26.3 Å². The molecule has 0 aliphatic heterocycles. The van der Waals surface area contributed by atoms with Gasteiger partial charge in [-0.2, -0.15) is 11.8 Å². The van der Waals surface area contributed by atoms with Gasteiger partial charge in [0.15, 0.2) is 5.78 Å². The summed E-state index contributed by atoms with van der Waals surface area (Å²) in [5.74, 6) is 2.68. The van der Waals surface area contributed by atoms with E-state index in [4.69, 9.17) is 4.74 Å². The number of aryl methyl sites for hydroxylation is 1. The summed E-state index contributed by atoms with van der Waals surface area (Å²) in [6.45, 7) is 6.71. The van der Waals surface area contributed by atoms with Crippen LogP contribution >= 0.6 is 11.8 Å². The van der Waals surface area contributed by atoms with E-state index in [1.54, 1.807) is 11.8 Å². The molecule has 0 spiro atoms. The first-order valence-electron chi connectivity index (χ1n) is 6.03. The molecule has 2 nitrogen and oxygen atoms in total. The van der Waals surface area contributed by atoms with Gasteiger partial charge in [-0.25, -0.2) is 0 Å². The van der Waals surface area contributed by atoms with Gasteiger partial charge in [-0.05, 0) is 49.8 Å². The van der Waals surface area contributed by atoms with Crippen molar-refractivity contribution in [1.82, 2.24) is 0 Å². The first-order chi connectivity index (χ1) is 8.19. The average molecular weight is 252 g/mol. The SMILES string of the molecule is CCCSCC(=O)c1ccc(OCC)c(C)c1. The standard InChI is InChI=1S/C14H20O2S/c1-4-8-17-10-13(15)12-6-7-14(16-5-2)11(3)9-12/h6-7,9H,4-5,8,10H2,1-3H3. The molecular formula is C14H20O2S. The van der Waals surface area contributed by atoms with Gasteiger partial charge in [0, 0.05) is 5.56 Å². The van der Waals surface area contributed by atoms with Crippen molar-refractivity contribution in [1.29, 1.82) is 0 Å². The lowest BCUT2D eigenvalue weighted by atomic mass is 10.1. The smallest absolute Gasteiger partial charge is 0.172 e. The first kappa shape index (κ1) is 14.1. The lowest BCUT2D eigenvalue weighted by Crippen LogP contribution is -2.04. The summed E-state index contributed by atoms with van der Waals surface area (Å²) >= 11 is 1.70. The highest BCUT2D eigenvalue weighted by atomic mass is 32.2. The minimum Gasteiger partial charge on any atom is -0.494 e. The van der Waals surface area contributed by atoms with Crippen molar-refractivity contribution in [2.45, 2.75) is 27.2 Å². The van der Waals surface area contributed by atoms with Crippen LogP contribution in [-0.4, -0.2) is 23.9 Å². The first-order valence-corrected chi connectivity index (χ1v) is 7.18. The number of benzene rings is 1. The summed E-state index contributed by atoms with van der Waals surface area (Å²) in [7, 11) is 0. The molecule has 94 valence electrons. The second kappa shape index (κ2) is 7.38. The molecule has 0 bridgehead atoms. The van der Waals surface area contributed by atoms with Crippen molar-refractivity contribution in [3.8, 4) is 5.75 Å². The lowest BCUT2D eigenvalue weighted by Gasteiger charge is -2.08. The Labute approximate surface area is 108 Å². The van der Waals surface area contributed by atoms with E-state index in [1.165, 1.54) is 0 Å². The van der Waals surface area contributed by atoms with Crippen LogP contribution in [0.4, 0.5) is 0 Å². The molecule has 0 radical (unpaired) electrons. The fourth-order valence-corrected chi connectivity index (χ4v) is 2.32. The molecule has 0 fully saturated rings. The second-order valence-corrected chi connectivity index (χ2v) is 4.99. The molecule has 0 amide bonds. The molecule has 0 unspecified atom stereocenters. The minimum absolute atomic E-state index is 0.203. The van der Waals surface area contributed by atoms with Gasteiger partial charge in [-0.3, -0.25) is 4.79 Å². The Hall–Kier alpha value is -0.960. The summed E-state index contributed by atoms with van der Waals surface area (Å²) in [4.78, 5) is 11.9. The molecule has 0 aliphatic rings. The highest BCUT2D eigenvalue weighted by Crippen LogP contribution is 2.20. The molecule has 0 atom stereocenters. The van der Waals surface area contributed by atoms with E-state index in [-0.39, 0.29) is 5.78 Å². The molecule has 3 heteroatoms. The number of ketones is 1. The quantitative estimate of drug-likeness (QED) is 0.546. The Morgan fingerprint density at radius 1 is 1.35 bits per heavy atom. The summed E-state index contributed by atoms with van der Waals surface area (Å²) < 4.78 is 5.45. The van der Waals surface area contributed by atoms with Crippen LogP contribution in [0.2, 0.25) is 0 Å². The van der Waals surface area contributed by atoms with Crippen LogP contribution in [0.15, 0.2) is 18.2 Å². The minimum atomic E-state index is 0.203. The fourth-order valence-electron chi connectivity index (χ4n) is 1.53. The molecule has 0 aliphatic carbocycles. The number of rotatable bonds is 7. The Bertz CT molecular complexity index is 374. The largest absolute Gasteiger partial charge is 0.494 e. The van der Waals surface area contributed by atoms with Crippen molar-refractivity contribution in [2.24, 2.45) is 0 Å². The van der Waals surface area contributed by atoms with Crippen molar-refractivity contribution in [3.05, 3.63) is 29.3 Å². The van der Waals surface area contributed by atoms with Crippen LogP contribution in [0.3, 0.4) is 0 Å². The van der Waals surface area contributed by atoms with Crippen LogP contribution in [0.1, 0.15) is 36.2 Å². The van der Waals surface area contributed by atoms with Gasteiger partial charge < -0.3 is 4.74 Å². The summed E-state index contributed by atoms with van der Waals surface area (Å²) in [6, 6.07) is 5.66. The van der Waals surface area contributed by atoms with Gasteiger partial charge >= 0.3 is 0 Å². The van der Waals surface area contributed by atoms with Crippen molar-refractivity contribution >= 4 is 17.5 Å². The molecule has 0 N–H and O–H groups in total. The Balaban J connectivity index is 2.65. The van der Waals surface area contributed by atoms with Gasteiger partial charge in [-0.1, -0.05) is 6.92 Å². The van der Waals surface area contributed by atoms with E-state index >= 15 is 0 Å². The van der Waals surface area contributed by atoms with E-state index in [2.05, 4.69) is 6.92 Å². The number of ether oxygens (including phenoxy) is 1. The summed E-state index contributed by atoms with van der Waals surface area (Å²) in [6.07, 6.45) is 1.11. The zero-order valence-electron chi connectivity index (χ0n) is 10.8. The van der Waals surface area contributed by atoms with Crippen molar-refractivity contribution < 1.29 is 9.53 Å². The van der Waals surface area contributed by atoms with Crippen LogP contribution in [-0.2, 0) is 0 Å². The molecule has 1 rings (SSSR count). The lowest BCUT2D eigenvalue weighted by molar-refractivity contribution is 0.102. The number of hydrogen-bond donors (Lipinski definition) is 0. The Morgan fingerprint density at radius 3 is 2.71 bits per heavy atom. The van der Waals surface area contributed by atoms with E-state index in [1.807, 2.05) is 32.0 Å². The molecule has 1 aromatic rings. The van der Waals surface area contributed by atoms with Gasteiger partial charge in [0.05, 0.1) is 12.4 Å². The summed E-state index contributed by atoms with van der Waals surface area (Å²) in [5.41, 5.74) is 1.81. The average Bonchev–Trinajstić information content (AvgIpc) is 2.32. The van der Waals surface area contributed by atoms with E-state index in [9.17, 15) is 4.79 Å². The molecular weight excluding hydrogens is 232 g/mol. The van der Waals surface area contributed by atoms with E-state index < -0.39 is 0 Å². The third-order valence-corrected chi connectivity index (χ3v) is 3.54.